The van der Waals surface area contributed by atoms with Crippen molar-refractivity contribution in [3.63, 3.8) is 0 Å². The normalized spacial score (nSPS) is 11.5. The van der Waals surface area contributed by atoms with E-state index < -0.39 is 4.92 Å². The Morgan fingerprint density at radius 3 is 2.39 bits per heavy atom. The minimum absolute atomic E-state index is 0.0515. The highest BCUT2D eigenvalue weighted by molar-refractivity contribution is 5.96. The number of non-ortho nitro benzene ring substituents is 1. The van der Waals surface area contributed by atoms with Crippen molar-refractivity contribution in [3.05, 3.63) is 70.3 Å². The van der Waals surface area contributed by atoms with Gasteiger partial charge in [0, 0.05) is 12.1 Å². The third-order valence-electron chi connectivity index (χ3n) is 3.07. The number of anilines is 1. The lowest BCUT2D eigenvalue weighted by atomic mass is 10.2. The number of nitro benzene ring substituents is 1. The molecule has 6 heteroatoms. The Bertz CT molecular complexity index is 720. The maximum Gasteiger partial charge on any atom is 0.269 e. The molecule has 0 atom stereocenters. The van der Waals surface area contributed by atoms with Gasteiger partial charge in [-0.25, -0.2) is 0 Å². The smallest absolute Gasteiger partial charge is 0.269 e. The van der Waals surface area contributed by atoms with Gasteiger partial charge >= 0.3 is 0 Å². The van der Waals surface area contributed by atoms with Crippen LogP contribution in [-0.2, 0) is 0 Å². The number of nitrogens with zero attached hydrogens (tertiary/aromatic N) is 2. The zero-order valence-corrected chi connectivity index (χ0v) is 12.9. The highest BCUT2D eigenvalue weighted by Gasteiger charge is 2.02. The average molecular weight is 311 g/mol. The van der Waals surface area contributed by atoms with E-state index in [1.54, 1.807) is 19.2 Å². The van der Waals surface area contributed by atoms with Crippen LogP contribution >= 0.6 is 0 Å². The molecule has 0 aliphatic carbocycles. The largest absolute Gasteiger partial charge is 0.497 e. The van der Waals surface area contributed by atoms with Gasteiger partial charge in [0.1, 0.15) is 5.75 Å². The molecule has 0 aliphatic rings. The third-order valence-corrected chi connectivity index (χ3v) is 3.07. The summed E-state index contributed by atoms with van der Waals surface area (Å²) in [5, 5.41) is 14.8. The van der Waals surface area contributed by atoms with Gasteiger partial charge in [-0.2, -0.15) is 5.10 Å². The lowest BCUT2D eigenvalue weighted by Crippen LogP contribution is -1.95. The molecule has 23 heavy (non-hydrogen) atoms. The fourth-order valence-corrected chi connectivity index (χ4v) is 1.78. The van der Waals surface area contributed by atoms with E-state index in [4.69, 9.17) is 4.74 Å². The molecular formula is C17H17N3O3. The highest BCUT2D eigenvalue weighted by atomic mass is 16.6. The molecule has 0 saturated heterocycles. The molecule has 0 bridgehead atoms. The van der Waals surface area contributed by atoms with E-state index in [1.807, 2.05) is 43.3 Å². The van der Waals surface area contributed by atoms with Crippen molar-refractivity contribution < 1.29 is 9.66 Å². The Morgan fingerprint density at radius 2 is 1.83 bits per heavy atom. The summed E-state index contributed by atoms with van der Waals surface area (Å²) in [5.74, 6) is 0.812. The average Bonchev–Trinajstić information content (AvgIpc) is 2.59. The minimum Gasteiger partial charge on any atom is -0.497 e. The van der Waals surface area contributed by atoms with Crippen LogP contribution in [0.3, 0.4) is 0 Å². The fraction of sp³-hybridized carbons (Fsp3) is 0.118. The first-order chi connectivity index (χ1) is 11.1. The van der Waals surface area contributed by atoms with Crippen molar-refractivity contribution in [2.45, 2.75) is 6.92 Å². The summed E-state index contributed by atoms with van der Waals surface area (Å²) in [6, 6.07) is 13.8. The lowest BCUT2D eigenvalue weighted by Gasteiger charge is -2.01. The van der Waals surface area contributed by atoms with Crippen LogP contribution in [0.25, 0.3) is 6.08 Å². The summed E-state index contributed by atoms with van der Waals surface area (Å²) < 4.78 is 5.11. The summed E-state index contributed by atoms with van der Waals surface area (Å²) in [6.45, 7) is 1.86. The Labute approximate surface area is 134 Å². The van der Waals surface area contributed by atoms with Gasteiger partial charge in [-0.1, -0.05) is 18.2 Å². The number of benzene rings is 2. The molecule has 118 valence electrons. The molecule has 0 aliphatic heterocycles. The summed E-state index contributed by atoms with van der Waals surface area (Å²) in [7, 11) is 1.63. The van der Waals surface area contributed by atoms with Gasteiger partial charge in [0.15, 0.2) is 0 Å². The van der Waals surface area contributed by atoms with E-state index in [9.17, 15) is 10.1 Å². The number of allylic oxidation sites excluding steroid dienone is 1. The van der Waals surface area contributed by atoms with Gasteiger partial charge in [0.05, 0.1) is 23.4 Å². The second-order valence-corrected chi connectivity index (χ2v) is 4.78. The molecule has 2 aromatic carbocycles. The van der Waals surface area contributed by atoms with Crippen LogP contribution in [0.15, 0.2) is 59.7 Å². The van der Waals surface area contributed by atoms with Crippen molar-refractivity contribution in [1.29, 1.82) is 0 Å². The van der Waals surface area contributed by atoms with Crippen molar-refractivity contribution in [2.75, 3.05) is 12.5 Å². The molecule has 0 spiro atoms. The van der Waals surface area contributed by atoms with Crippen LogP contribution in [0.5, 0.6) is 5.75 Å². The van der Waals surface area contributed by atoms with E-state index in [0.29, 0.717) is 5.69 Å². The number of ether oxygens (including phenoxy) is 1. The third kappa shape index (κ3) is 4.96. The Hall–Kier alpha value is -3.15. The number of methoxy groups -OCH3 is 1. The molecule has 0 unspecified atom stereocenters. The molecule has 6 nitrogen and oxygen atoms in total. The summed E-state index contributed by atoms with van der Waals surface area (Å²) in [4.78, 5) is 10.1. The maximum atomic E-state index is 10.6. The van der Waals surface area contributed by atoms with Gasteiger partial charge in [-0.05, 0) is 42.8 Å². The first kappa shape index (κ1) is 16.2. The SMILES string of the molecule is COc1ccc(C=CC(C)=NNc2ccc([N+](=O)[O-])cc2)cc1. The number of rotatable bonds is 6. The van der Waals surface area contributed by atoms with Gasteiger partial charge in [0.25, 0.3) is 5.69 Å². The summed E-state index contributed by atoms with van der Waals surface area (Å²) in [6.07, 6.45) is 3.82. The second-order valence-electron chi connectivity index (χ2n) is 4.78. The zero-order valence-electron chi connectivity index (χ0n) is 12.9. The molecule has 0 saturated carbocycles. The molecule has 0 heterocycles. The highest BCUT2D eigenvalue weighted by Crippen LogP contribution is 2.15. The van der Waals surface area contributed by atoms with Crippen LogP contribution in [0, 0.1) is 10.1 Å². The fourth-order valence-electron chi connectivity index (χ4n) is 1.78. The standard InChI is InChI=1S/C17H17N3O3/c1-13(3-4-14-5-11-17(23-2)12-6-14)18-19-15-7-9-16(10-8-15)20(21)22/h3-12,19H,1-2H3. The van der Waals surface area contributed by atoms with Crippen LogP contribution in [-0.4, -0.2) is 17.7 Å². The van der Waals surface area contributed by atoms with Crippen LogP contribution in [0.4, 0.5) is 11.4 Å². The predicted octanol–water partition coefficient (Wildman–Crippen LogP) is 4.10. The van der Waals surface area contributed by atoms with Crippen molar-refractivity contribution in [1.82, 2.24) is 0 Å². The number of nitrogens with one attached hydrogen (secondary N) is 1. The quantitative estimate of drug-likeness (QED) is 0.495. The number of hydrogen-bond donors (Lipinski definition) is 1. The molecule has 0 fully saturated rings. The van der Waals surface area contributed by atoms with E-state index in [-0.39, 0.29) is 5.69 Å². The van der Waals surface area contributed by atoms with Gasteiger partial charge in [-0.15, -0.1) is 0 Å². The molecule has 0 amide bonds. The summed E-state index contributed by atoms with van der Waals surface area (Å²) >= 11 is 0. The molecule has 1 N–H and O–H groups in total. The molecular weight excluding hydrogens is 294 g/mol. The van der Waals surface area contributed by atoms with E-state index in [2.05, 4.69) is 10.5 Å². The molecule has 0 aromatic heterocycles. The molecule has 0 radical (unpaired) electrons. The van der Waals surface area contributed by atoms with E-state index >= 15 is 0 Å². The van der Waals surface area contributed by atoms with E-state index in [0.717, 1.165) is 17.0 Å². The van der Waals surface area contributed by atoms with Crippen molar-refractivity contribution in [3.8, 4) is 5.75 Å². The molecule has 2 aromatic rings. The van der Waals surface area contributed by atoms with Crippen LogP contribution in [0.1, 0.15) is 12.5 Å². The number of nitro groups is 1. The van der Waals surface area contributed by atoms with Gasteiger partial charge in [-0.3, -0.25) is 15.5 Å². The lowest BCUT2D eigenvalue weighted by molar-refractivity contribution is -0.384. The Morgan fingerprint density at radius 1 is 1.17 bits per heavy atom. The second kappa shape index (κ2) is 7.74. The van der Waals surface area contributed by atoms with Crippen LogP contribution in [0.2, 0.25) is 0 Å². The first-order valence-corrected chi connectivity index (χ1v) is 6.95. The predicted molar refractivity (Wildman–Crippen MR) is 91.9 cm³/mol. The topological polar surface area (TPSA) is 76.8 Å². The van der Waals surface area contributed by atoms with Crippen molar-refractivity contribution in [2.24, 2.45) is 5.10 Å². The maximum absolute atomic E-state index is 10.6. The minimum atomic E-state index is -0.435. The number of hydrogen-bond acceptors (Lipinski definition) is 5. The number of hydrazone groups is 1. The summed E-state index contributed by atoms with van der Waals surface area (Å²) in [5.41, 5.74) is 5.41. The van der Waals surface area contributed by atoms with E-state index in [1.165, 1.54) is 12.1 Å². The Balaban J connectivity index is 1.96. The first-order valence-electron chi connectivity index (χ1n) is 6.95. The van der Waals surface area contributed by atoms with Crippen molar-refractivity contribution >= 4 is 23.2 Å². The molecule has 2 rings (SSSR count). The van der Waals surface area contributed by atoms with Gasteiger partial charge < -0.3 is 4.74 Å². The van der Waals surface area contributed by atoms with Crippen LogP contribution < -0.4 is 10.2 Å². The monoisotopic (exact) mass is 311 g/mol. The Kier molecular flexibility index (Phi) is 5.46. The van der Waals surface area contributed by atoms with Gasteiger partial charge in [0.2, 0.25) is 0 Å². The zero-order chi connectivity index (χ0) is 16.7.